The average Bonchev–Trinajstić information content (AvgIpc) is 2.78. The van der Waals surface area contributed by atoms with Crippen molar-refractivity contribution < 1.29 is 5.11 Å². The predicted molar refractivity (Wildman–Crippen MR) is 71.5 cm³/mol. The Kier molecular flexibility index (Phi) is 5.16. The fraction of sp³-hybridized carbons (Fsp3) is 0.769. The van der Waals surface area contributed by atoms with Crippen molar-refractivity contribution in [2.24, 2.45) is 0 Å². The summed E-state index contributed by atoms with van der Waals surface area (Å²) >= 11 is 0. The molecule has 5 nitrogen and oxygen atoms in total. The third-order valence-electron chi connectivity index (χ3n) is 3.36. The summed E-state index contributed by atoms with van der Waals surface area (Å²) in [6, 6.07) is 0. The van der Waals surface area contributed by atoms with Gasteiger partial charge in [0.2, 0.25) is 0 Å². The standard InChI is InChI=1S/C13H24N4O/c1-2-3-13-15-6-9-17(13)11-12(18)10-16-7-4-14-5-8-16/h6,9,12,14,18H,2-5,7-8,10-11H2,1H3. The van der Waals surface area contributed by atoms with Crippen LogP contribution in [0.3, 0.4) is 0 Å². The molecule has 1 unspecified atom stereocenters. The number of rotatable bonds is 6. The molecule has 1 aromatic rings. The van der Waals surface area contributed by atoms with E-state index in [9.17, 15) is 5.11 Å². The van der Waals surface area contributed by atoms with Gasteiger partial charge in [0.05, 0.1) is 12.6 Å². The van der Waals surface area contributed by atoms with E-state index in [-0.39, 0.29) is 6.10 Å². The molecule has 0 aromatic carbocycles. The van der Waals surface area contributed by atoms with Gasteiger partial charge in [-0.15, -0.1) is 0 Å². The maximum Gasteiger partial charge on any atom is 0.108 e. The van der Waals surface area contributed by atoms with Gasteiger partial charge in [0.1, 0.15) is 5.82 Å². The zero-order chi connectivity index (χ0) is 12.8. The Morgan fingerprint density at radius 3 is 2.89 bits per heavy atom. The molecule has 5 heteroatoms. The highest BCUT2D eigenvalue weighted by atomic mass is 16.3. The van der Waals surface area contributed by atoms with Crippen molar-refractivity contribution in [1.82, 2.24) is 19.8 Å². The van der Waals surface area contributed by atoms with E-state index >= 15 is 0 Å². The first kappa shape index (κ1) is 13.5. The molecule has 2 heterocycles. The SMILES string of the molecule is CCCc1nccn1CC(O)CN1CCNCC1. The lowest BCUT2D eigenvalue weighted by Gasteiger charge is -2.29. The van der Waals surface area contributed by atoms with Crippen LogP contribution in [0.15, 0.2) is 12.4 Å². The van der Waals surface area contributed by atoms with E-state index in [2.05, 4.69) is 26.7 Å². The van der Waals surface area contributed by atoms with Crippen LogP contribution >= 0.6 is 0 Å². The van der Waals surface area contributed by atoms with Crippen LogP contribution in [0.4, 0.5) is 0 Å². The number of aromatic nitrogens is 2. The summed E-state index contributed by atoms with van der Waals surface area (Å²) in [6.07, 6.45) is 5.54. The van der Waals surface area contributed by atoms with E-state index in [0.717, 1.165) is 51.4 Å². The van der Waals surface area contributed by atoms with Crippen LogP contribution in [-0.2, 0) is 13.0 Å². The first-order valence-corrected chi connectivity index (χ1v) is 6.90. The van der Waals surface area contributed by atoms with Crippen LogP contribution < -0.4 is 5.32 Å². The van der Waals surface area contributed by atoms with Crippen molar-refractivity contribution in [3.05, 3.63) is 18.2 Å². The van der Waals surface area contributed by atoms with Gasteiger partial charge in [0.15, 0.2) is 0 Å². The number of nitrogens with one attached hydrogen (secondary N) is 1. The second-order valence-corrected chi connectivity index (χ2v) is 4.95. The highest BCUT2D eigenvalue weighted by molar-refractivity contribution is 4.93. The van der Waals surface area contributed by atoms with Crippen LogP contribution in [-0.4, -0.2) is 58.4 Å². The van der Waals surface area contributed by atoms with Crippen LogP contribution in [0.5, 0.6) is 0 Å². The van der Waals surface area contributed by atoms with Crippen molar-refractivity contribution >= 4 is 0 Å². The summed E-state index contributed by atoms with van der Waals surface area (Å²) in [4.78, 5) is 6.65. The Balaban J connectivity index is 1.82. The molecule has 1 aliphatic rings. The third kappa shape index (κ3) is 3.80. The van der Waals surface area contributed by atoms with Crippen LogP contribution in [0.2, 0.25) is 0 Å². The number of aryl methyl sites for hydroxylation is 1. The molecule has 0 radical (unpaired) electrons. The van der Waals surface area contributed by atoms with Gasteiger partial charge in [-0.2, -0.15) is 0 Å². The monoisotopic (exact) mass is 252 g/mol. The molecule has 1 aliphatic heterocycles. The first-order valence-electron chi connectivity index (χ1n) is 6.90. The minimum Gasteiger partial charge on any atom is -0.390 e. The number of aliphatic hydroxyl groups is 1. The van der Waals surface area contributed by atoms with E-state index in [0.29, 0.717) is 6.54 Å². The van der Waals surface area contributed by atoms with Crippen LogP contribution in [0.1, 0.15) is 19.2 Å². The van der Waals surface area contributed by atoms with E-state index in [1.807, 2.05) is 12.4 Å². The maximum absolute atomic E-state index is 10.2. The molecule has 1 saturated heterocycles. The molecule has 2 rings (SSSR count). The molecule has 0 amide bonds. The molecule has 1 atom stereocenters. The topological polar surface area (TPSA) is 53.3 Å². The second kappa shape index (κ2) is 6.87. The summed E-state index contributed by atoms with van der Waals surface area (Å²) in [5.74, 6) is 1.08. The van der Waals surface area contributed by atoms with Gasteiger partial charge < -0.3 is 15.0 Å². The number of hydrogen-bond acceptors (Lipinski definition) is 4. The number of nitrogens with zero attached hydrogens (tertiary/aromatic N) is 3. The van der Waals surface area contributed by atoms with Gasteiger partial charge in [-0.3, -0.25) is 4.90 Å². The van der Waals surface area contributed by atoms with Crippen molar-refractivity contribution in [2.75, 3.05) is 32.7 Å². The Bertz CT molecular complexity index is 347. The molecular formula is C13H24N4O. The lowest BCUT2D eigenvalue weighted by atomic mass is 10.2. The highest BCUT2D eigenvalue weighted by Crippen LogP contribution is 2.04. The third-order valence-corrected chi connectivity index (χ3v) is 3.36. The minimum atomic E-state index is -0.312. The van der Waals surface area contributed by atoms with E-state index in [1.165, 1.54) is 0 Å². The molecule has 1 fully saturated rings. The second-order valence-electron chi connectivity index (χ2n) is 4.95. The quantitative estimate of drug-likeness (QED) is 0.754. The number of aliphatic hydroxyl groups excluding tert-OH is 1. The molecule has 18 heavy (non-hydrogen) atoms. The van der Waals surface area contributed by atoms with Gasteiger partial charge in [0.25, 0.3) is 0 Å². The van der Waals surface area contributed by atoms with Gasteiger partial charge >= 0.3 is 0 Å². The number of β-amino-alcohol motifs (C(OH)–C–C–N with tert-alkyl or cyclic N) is 1. The predicted octanol–water partition coefficient (Wildman–Crippen LogP) is 0.102. The zero-order valence-electron chi connectivity index (χ0n) is 11.2. The summed E-state index contributed by atoms with van der Waals surface area (Å²) in [7, 11) is 0. The molecule has 0 saturated carbocycles. The average molecular weight is 252 g/mol. The molecule has 102 valence electrons. The lowest BCUT2D eigenvalue weighted by Crippen LogP contribution is -2.46. The Hall–Kier alpha value is -0.910. The van der Waals surface area contributed by atoms with Crippen LogP contribution in [0, 0.1) is 0 Å². The molecular weight excluding hydrogens is 228 g/mol. The number of hydrogen-bond donors (Lipinski definition) is 2. The highest BCUT2D eigenvalue weighted by Gasteiger charge is 2.15. The van der Waals surface area contributed by atoms with E-state index < -0.39 is 0 Å². The van der Waals surface area contributed by atoms with Crippen LogP contribution in [0.25, 0.3) is 0 Å². The summed E-state index contributed by atoms with van der Waals surface area (Å²) in [5.41, 5.74) is 0. The summed E-state index contributed by atoms with van der Waals surface area (Å²) in [5, 5.41) is 13.5. The molecule has 0 bridgehead atoms. The van der Waals surface area contributed by atoms with Crippen molar-refractivity contribution in [3.63, 3.8) is 0 Å². The van der Waals surface area contributed by atoms with Gasteiger partial charge in [-0.1, -0.05) is 6.92 Å². The van der Waals surface area contributed by atoms with E-state index in [1.54, 1.807) is 0 Å². The van der Waals surface area contributed by atoms with Crippen molar-refractivity contribution in [3.8, 4) is 0 Å². The maximum atomic E-state index is 10.2. The minimum absolute atomic E-state index is 0.312. The zero-order valence-corrected chi connectivity index (χ0v) is 11.2. The Morgan fingerprint density at radius 1 is 1.39 bits per heavy atom. The van der Waals surface area contributed by atoms with Gasteiger partial charge in [-0.25, -0.2) is 4.98 Å². The Morgan fingerprint density at radius 2 is 2.17 bits per heavy atom. The lowest BCUT2D eigenvalue weighted by molar-refractivity contribution is 0.0911. The fourth-order valence-corrected chi connectivity index (χ4v) is 2.43. The molecule has 1 aromatic heterocycles. The molecule has 2 N–H and O–H groups in total. The van der Waals surface area contributed by atoms with Gasteiger partial charge in [0, 0.05) is 51.5 Å². The summed E-state index contributed by atoms with van der Waals surface area (Å²) < 4.78 is 2.08. The normalized spacial score (nSPS) is 19.0. The fourth-order valence-electron chi connectivity index (χ4n) is 2.43. The molecule has 0 spiro atoms. The first-order chi connectivity index (χ1) is 8.79. The Labute approximate surface area is 109 Å². The number of piperazine rings is 1. The number of imidazole rings is 1. The van der Waals surface area contributed by atoms with Crippen molar-refractivity contribution in [2.45, 2.75) is 32.4 Å². The van der Waals surface area contributed by atoms with Crippen molar-refractivity contribution in [1.29, 1.82) is 0 Å². The van der Waals surface area contributed by atoms with Gasteiger partial charge in [-0.05, 0) is 6.42 Å². The smallest absolute Gasteiger partial charge is 0.108 e. The largest absolute Gasteiger partial charge is 0.390 e. The summed E-state index contributed by atoms with van der Waals surface area (Å²) in [6.45, 7) is 7.67. The molecule has 0 aliphatic carbocycles. The van der Waals surface area contributed by atoms with E-state index in [4.69, 9.17) is 0 Å².